The van der Waals surface area contributed by atoms with Crippen molar-refractivity contribution in [3.63, 3.8) is 0 Å². The third kappa shape index (κ3) is 4.57. The summed E-state index contributed by atoms with van der Waals surface area (Å²) < 4.78 is 0. The Bertz CT molecular complexity index is 688. The van der Waals surface area contributed by atoms with Crippen molar-refractivity contribution < 1.29 is 9.59 Å². The summed E-state index contributed by atoms with van der Waals surface area (Å²) in [6.45, 7) is 3.50. The summed E-state index contributed by atoms with van der Waals surface area (Å²) in [5.41, 5.74) is 4.51. The molecule has 0 fully saturated rings. The number of hydrogen-bond acceptors (Lipinski definition) is 6. The number of carbonyl (C=O) groups excluding carboxylic acids is 2. The van der Waals surface area contributed by atoms with Crippen molar-refractivity contribution in [3.05, 3.63) is 40.3 Å². The molecule has 0 aliphatic heterocycles. The number of aromatic nitrogens is 2. The summed E-state index contributed by atoms with van der Waals surface area (Å²) >= 11 is 1.52. The second-order valence-corrected chi connectivity index (χ2v) is 6.54. The van der Waals surface area contributed by atoms with E-state index in [9.17, 15) is 9.59 Å². The monoisotopic (exact) mass is 333 g/mol. The molecule has 2 amide bonds. The van der Waals surface area contributed by atoms with Crippen LogP contribution in [0.1, 0.15) is 23.6 Å². The molecule has 1 unspecified atom stereocenters. The van der Waals surface area contributed by atoms with Crippen LogP contribution in [0.15, 0.2) is 30.6 Å². The number of anilines is 1. The van der Waals surface area contributed by atoms with Gasteiger partial charge < -0.3 is 11.1 Å². The normalized spacial score (nSPS) is 13.2. The average Bonchev–Trinajstić information content (AvgIpc) is 2.94. The lowest BCUT2D eigenvalue weighted by molar-refractivity contribution is -0.128. The van der Waals surface area contributed by atoms with Crippen molar-refractivity contribution >= 4 is 29.1 Å². The van der Waals surface area contributed by atoms with Crippen LogP contribution in [-0.2, 0) is 22.6 Å². The van der Waals surface area contributed by atoms with Gasteiger partial charge in [0, 0.05) is 42.0 Å². The Morgan fingerprint density at radius 3 is 2.48 bits per heavy atom. The van der Waals surface area contributed by atoms with Crippen molar-refractivity contribution in [2.75, 3.05) is 5.32 Å². The minimum absolute atomic E-state index is 0.197. The molecule has 23 heavy (non-hydrogen) atoms. The minimum atomic E-state index is -1.11. The summed E-state index contributed by atoms with van der Waals surface area (Å²) in [4.78, 5) is 34.1. The van der Waals surface area contributed by atoms with Gasteiger partial charge in [0.25, 0.3) is 5.91 Å². The molecule has 8 heteroatoms. The van der Waals surface area contributed by atoms with E-state index in [1.807, 2.05) is 12.1 Å². The summed E-state index contributed by atoms with van der Waals surface area (Å²) in [6.07, 6.45) is 3.42. The van der Waals surface area contributed by atoms with E-state index in [1.54, 1.807) is 13.0 Å². The molecule has 0 saturated heterocycles. The molecule has 2 rings (SSSR count). The van der Waals surface area contributed by atoms with E-state index in [0.717, 1.165) is 9.75 Å². The summed E-state index contributed by atoms with van der Waals surface area (Å²) in [5.74, 6) is -0.461. The molecule has 0 aliphatic carbocycles. The van der Waals surface area contributed by atoms with Gasteiger partial charge >= 0.3 is 0 Å². The van der Waals surface area contributed by atoms with Crippen molar-refractivity contribution in [3.8, 4) is 0 Å². The van der Waals surface area contributed by atoms with Gasteiger partial charge in [0.1, 0.15) is 5.54 Å². The Morgan fingerprint density at radius 2 is 1.91 bits per heavy atom. The van der Waals surface area contributed by atoms with Gasteiger partial charge in [0.2, 0.25) is 11.9 Å². The van der Waals surface area contributed by atoms with Gasteiger partial charge in [-0.15, -0.1) is 11.3 Å². The SMILES string of the molecule is CC(=O)NC(C)(Cc1ccc(CN)s1)C(=O)Nc1ncccn1. The maximum atomic E-state index is 12.6. The predicted octanol–water partition coefficient (Wildman–Crippen LogP) is 1.07. The third-order valence-electron chi connectivity index (χ3n) is 3.19. The van der Waals surface area contributed by atoms with Crippen LogP contribution in [-0.4, -0.2) is 27.3 Å². The molecule has 2 aromatic heterocycles. The molecule has 4 N–H and O–H groups in total. The molecule has 0 aliphatic rings. The maximum absolute atomic E-state index is 12.6. The molecular weight excluding hydrogens is 314 g/mol. The minimum Gasteiger partial charge on any atom is -0.342 e. The first-order chi connectivity index (χ1) is 10.9. The number of thiophene rings is 1. The van der Waals surface area contributed by atoms with Crippen LogP contribution in [0.5, 0.6) is 0 Å². The van der Waals surface area contributed by atoms with Gasteiger partial charge in [0.05, 0.1) is 0 Å². The molecule has 1 atom stereocenters. The Balaban J connectivity index is 2.19. The molecule has 2 heterocycles. The van der Waals surface area contributed by atoms with E-state index in [0.29, 0.717) is 13.0 Å². The number of hydrogen-bond donors (Lipinski definition) is 3. The summed E-state index contributed by atoms with van der Waals surface area (Å²) in [7, 11) is 0. The van der Waals surface area contributed by atoms with Gasteiger partial charge in [0.15, 0.2) is 0 Å². The quantitative estimate of drug-likeness (QED) is 0.732. The lowest BCUT2D eigenvalue weighted by Gasteiger charge is -2.28. The number of rotatable bonds is 6. The zero-order valence-electron chi connectivity index (χ0n) is 13.0. The predicted molar refractivity (Wildman–Crippen MR) is 88.8 cm³/mol. The number of amides is 2. The fourth-order valence-electron chi connectivity index (χ4n) is 2.15. The van der Waals surface area contributed by atoms with Crippen molar-refractivity contribution in [1.82, 2.24) is 15.3 Å². The van der Waals surface area contributed by atoms with E-state index in [1.165, 1.54) is 30.7 Å². The second kappa shape index (κ2) is 7.30. The summed E-state index contributed by atoms with van der Waals surface area (Å²) in [5, 5.41) is 5.35. The molecule has 0 spiro atoms. The second-order valence-electron chi connectivity index (χ2n) is 5.29. The highest BCUT2D eigenvalue weighted by atomic mass is 32.1. The van der Waals surface area contributed by atoms with Crippen molar-refractivity contribution in [2.24, 2.45) is 5.73 Å². The molecule has 2 aromatic rings. The average molecular weight is 333 g/mol. The van der Waals surface area contributed by atoms with Crippen LogP contribution in [0.3, 0.4) is 0 Å². The van der Waals surface area contributed by atoms with Crippen LogP contribution in [0, 0.1) is 0 Å². The number of nitrogens with one attached hydrogen (secondary N) is 2. The Morgan fingerprint density at radius 1 is 1.26 bits per heavy atom. The smallest absolute Gasteiger partial charge is 0.252 e. The number of nitrogens with two attached hydrogens (primary N) is 1. The van der Waals surface area contributed by atoms with Gasteiger partial charge in [-0.3, -0.25) is 14.9 Å². The van der Waals surface area contributed by atoms with Crippen molar-refractivity contribution in [2.45, 2.75) is 32.4 Å². The van der Waals surface area contributed by atoms with E-state index >= 15 is 0 Å². The Labute approximate surface area is 138 Å². The third-order valence-corrected chi connectivity index (χ3v) is 4.30. The number of nitrogens with zero attached hydrogens (tertiary/aromatic N) is 2. The highest BCUT2D eigenvalue weighted by Gasteiger charge is 2.35. The highest BCUT2D eigenvalue weighted by molar-refractivity contribution is 7.12. The first-order valence-corrected chi connectivity index (χ1v) is 7.89. The molecule has 7 nitrogen and oxygen atoms in total. The largest absolute Gasteiger partial charge is 0.342 e. The zero-order valence-corrected chi connectivity index (χ0v) is 13.8. The van der Waals surface area contributed by atoms with E-state index in [4.69, 9.17) is 5.73 Å². The first kappa shape index (κ1) is 17.0. The molecule has 0 bridgehead atoms. The van der Waals surface area contributed by atoms with Crippen LogP contribution >= 0.6 is 11.3 Å². The fourth-order valence-corrected chi connectivity index (χ4v) is 3.20. The molecule has 0 saturated carbocycles. The lowest BCUT2D eigenvalue weighted by atomic mass is 9.95. The van der Waals surface area contributed by atoms with Gasteiger partial charge in [-0.1, -0.05) is 0 Å². The van der Waals surface area contributed by atoms with Crippen LogP contribution in [0.25, 0.3) is 0 Å². The standard InChI is InChI=1S/C15H19N5O2S/c1-10(21)20-15(2,8-11-4-5-12(9-16)23-11)13(22)19-14-17-6-3-7-18-14/h3-7H,8-9,16H2,1-2H3,(H,20,21)(H,17,18,19,22). The Kier molecular flexibility index (Phi) is 5.41. The van der Waals surface area contributed by atoms with Crippen LogP contribution in [0.4, 0.5) is 5.95 Å². The molecule has 122 valence electrons. The molecule has 0 aromatic carbocycles. The molecule has 0 radical (unpaired) electrons. The fraction of sp³-hybridized carbons (Fsp3) is 0.333. The first-order valence-electron chi connectivity index (χ1n) is 7.08. The highest BCUT2D eigenvalue weighted by Crippen LogP contribution is 2.22. The van der Waals surface area contributed by atoms with Gasteiger partial charge in [-0.05, 0) is 25.1 Å². The van der Waals surface area contributed by atoms with Gasteiger partial charge in [-0.25, -0.2) is 9.97 Å². The number of carbonyl (C=O) groups is 2. The maximum Gasteiger partial charge on any atom is 0.252 e. The van der Waals surface area contributed by atoms with Gasteiger partial charge in [-0.2, -0.15) is 0 Å². The van der Waals surface area contributed by atoms with E-state index < -0.39 is 5.54 Å². The summed E-state index contributed by atoms with van der Waals surface area (Å²) in [6, 6.07) is 5.49. The Hall–Kier alpha value is -2.32. The van der Waals surface area contributed by atoms with Crippen LogP contribution < -0.4 is 16.4 Å². The van der Waals surface area contributed by atoms with Crippen LogP contribution in [0.2, 0.25) is 0 Å². The zero-order chi connectivity index (χ0) is 16.9. The van der Waals surface area contributed by atoms with E-state index in [-0.39, 0.29) is 17.8 Å². The molecular formula is C15H19N5O2S. The van der Waals surface area contributed by atoms with E-state index in [2.05, 4.69) is 20.6 Å². The van der Waals surface area contributed by atoms with Crippen molar-refractivity contribution in [1.29, 1.82) is 0 Å². The topological polar surface area (TPSA) is 110 Å². The lowest BCUT2D eigenvalue weighted by Crippen LogP contribution is -2.55.